The number of nitro groups is 2. The number of carbonyl (C=O) groups is 4. The van der Waals surface area contributed by atoms with E-state index in [1.54, 1.807) is 0 Å². The molecule has 0 aliphatic carbocycles. The first-order valence-corrected chi connectivity index (χ1v) is 11.0. The molecule has 35 heavy (non-hydrogen) atoms. The van der Waals surface area contributed by atoms with Crippen LogP contribution in [-0.4, -0.2) is 56.4 Å². The summed E-state index contributed by atoms with van der Waals surface area (Å²) in [7, 11) is 0. The summed E-state index contributed by atoms with van der Waals surface area (Å²) in [6.07, 6.45) is 3.01. The molecular formula is C23H20N4O8. The fraction of sp³-hybridized carbons (Fsp3) is 0.304. The molecule has 2 aromatic carbocycles. The van der Waals surface area contributed by atoms with Gasteiger partial charge in [-0.1, -0.05) is 31.4 Å². The summed E-state index contributed by atoms with van der Waals surface area (Å²) in [6, 6.07) is 7.93. The Labute approximate surface area is 198 Å². The van der Waals surface area contributed by atoms with E-state index < -0.39 is 33.5 Å². The number of rotatable bonds is 10. The molecule has 0 atom stereocenters. The molecule has 0 unspecified atom stereocenters. The fourth-order valence-corrected chi connectivity index (χ4v) is 4.41. The lowest BCUT2D eigenvalue weighted by Gasteiger charge is -2.14. The zero-order valence-electron chi connectivity index (χ0n) is 18.5. The molecule has 0 aromatic heterocycles. The van der Waals surface area contributed by atoms with E-state index in [1.165, 1.54) is 36.4 Å². The van der Waals surface area contributed by atoms with Crippen molar-refractivity contribution in [2.75, 3.05) is 13.1 Å². The van der Waals surface area contributed by atoms with E-state index in [1.807, 2.05) is 0 Å². The highest BCUT2D eigenvalue weighted by molar-refractivity contribution is 6.23. The van der Waals surface area contributed by atoms with Crippen molar-refractivity contribution < 1.29 is 29.0 Å². The largest absolute Gasteiger partial charge is 0.282 e. The molecule has 2 aliphatic heterocycles. The topological polar surface area (TPSA) is 161 Å². The summed E-state index contributed by atoms with van der Waals surface area (Å²) in [5.41, 5.74) is -1.06. The molecule has 2 heterocycles. The van der Waals surface area contributed by atoms with E-state index in [2.05, 4.69) is 0 Å². The maximum Gasteiger partial charge on any atom is 0.282 e. The summed E-state index contributed by atoms with van der Waals surface area (Å²) < 4.78 is 0. The number of unbranched alkanes of at least 4 members (excludes halogenated alkanes) is 4. The SMILES string of the molecule is O=C1c2cccc([N+](=O)[O-])c2C(=O)N1CCCCCCCN1C(=O)c2cccc([N+](=O)[O-])c2C1=O. The number of amides is 4. The molecule has 0 radical (unpaired) electrons. The number of nitrogens with zero attached hydrogens (tertiary/aromatic N) is 4. The summed E-state index contributed by atoms with van der Waals surface area (Å²) in [5, 5.41) is 22.3. The second-order valence-corrected chi connectivity index (χ2v) is 8.21. The molecule has 0 saturated carbocycles. The summed E-state index contributed by atoms with van der Waals surface area (Å²) in [6.45, 7) is 0.261. The average molecular weight is 480 g/mol. The first-order valence-electron chi connectivity index (χ1n) is 11.0. The van der Waals surface area contributed by atoms with Crippen LogP contribution in [0.1, 0.15) is 73.5 Å². The lowest BCUT2D eigenvalue weighted by Crippen LogP contribution is -2.31. The number of carbonyl (C=O) groups excluding carboxylic acids is 4. The number of imide groups is 2. The minimum absolute atomic E-state index is 0.0328. The van der Waals surface area contributed by atoms with Gasteiger partial charge in [-0.15, -0.1) is 0 Å². The highest BCUT2D eigenvalue weighted by Gasteiger charge is 2.41. The Balaban J connectivity index is 1.23. The van der Waals surface area contributed by atoms with Crippen LogP contribution in [0, 0.1) is 20.2 Å². The molecule has 4 rings (SSSR count). The van der Waals surface area contributed by atoms with Crippen molar-refractivity contribution in [1.29, 1.82) is 0 Å². The minimum Gasteiger partial charge on any atom is -0.274 e. The van der Waals surface area contributed by atoms with Crippen LogP contribution in [0.15, 0.2) is 36.4 Å². The predicted octanol–water partition coefficient (Wildman–Crippen LogP) is 3.35. The molecular weight excluding hydrogens is 460 g/mol. The van der Waals surface area contributed by atoms with Crippen molar-refractivity contribution in [2.45, 2.75) is 32.1 Å². The van der Waals surface area contributed by atoms with Crippen LogP contribution in [0.2, 0.25) is 0 Å². The monoisotopic (exact) mass is 480 g/mol. The molecule has 0 N–H and O–H groups in total. The molecule has 180 valence electrons. The molecule has 0 bridgehead atoms. The number of fused-ring (bicyclic) bond motifs is 2. The van der Waals surface area contributed by atoms with Gasteiger partial charge in [-0.2, -0.15) is 0 Å². The third-order valence-corrected chi connectivity index (χ3v) is 6.11. The van der Waals surface area contributed by atoms with Crippen LogP contribution < -0.4 is 0 Å². The molecule has 12 nitrogen and oxygen atoms in total. The van der Waals surface area contributed by atoms with Crippen molar-refractivity contribution in [2.24, 2.45) is 0 Å². The standard InChI is InChI=1S/C23H20N4O8/c28-20-14-8-6-10-16(26(32)33)18(14)22(30)24(20)12-4-2-1-3-5-13-25-21(29)15-9-7-11-17(27(34)35)19(15)23(25)31/h6-11H,1-5,12-13H2. The minimum atomic E-state index is -0.680. The van der Waals surface area contributed by atoms with Gasteiger partial charge >= 0.3 is 0 Å². The van der Waals surface area contributed by atoms with Crippen molar-refractivity contribution >= 4 is 35.0 Å². The molecule has 0 fully saturated rings. The van der Waals surface area contributed by atoms with Crippen LogP contribution in [-0.2, 0) is 0 Å². The number of benzene rings is 2. The van der Waals surface area contributed by atoms with Gasteiger partial charge in [-0.3, -0.25) is 49.2 Å². The number of hydrogen-bond acceptors (Lipinski definition) is 8. The lowest BCUT2D eigenvalue weighted by molar-refractivity contribution is -0.385. The van der Waals surface area contributed by atoms with Gasteiger partial charge in [-0.25, -0.2) is 0 Å². The van der Waals surface area contributed by atoms with Crippen LogP contribution in [0.5, 0.6) is 0 Å². The van der Waals surface area contributed by atoms with Gasteiger partial charge in [0.15, 0.2) is 0 Å². The van der Waals surface area contributed by atoms with Gasteiger partial charge in [0.1, 0.15) is 11.1 Å². The van der Waals surface area contributed by atoms with Crippen LogP contribution in [0.4, 0.5) is 11.4 Å². The first-order chi connectivity index (χ1) is 16.7. The smallest absolute Gasteiger partial charge is 0.274 e. The number of nitro benzene ring substituents is 2. The second-order valence-electron chi connectivity index (χ2n) is 8.21. The zero-order chi connectivity index (χ0) is 25.3. The van der Waals surface area contributed by atoms with Crippen LogP contribution in [0.3, 0.4) is 0 Å². The third-order valence-electron chi connectivity index (χ3n) is 6.11. The maximum absolute atomic E-state index is 12.6. The van der Waals surface area contributed by atoms with Gasteiger partial charge in [0, 0.05) is 25.2 Å². The fourth-order valence-electron chi connectivity index (χ4n) is 4.41. The predicted molar refractivity (Wildman–Crippen MR) is 120 cm³/mol. The van der Waals surface area contributed by atoms with Gasteiger partial charge in [0.05, 0.1) is 21.0 Å². The Morgan fingerprint density at radius 3 is 1.31 bits per heavy atom. The average Bonchev–Trinajstić information content (AvgIpc) is 3.23. The molecule has 0 saturated heterocycles. The Hall–Kier alpha value is -4.48. The Bertz CT molecular complexity index is 1190. The number of hydrogen-bond donors (Lipinski definition) is 0. The normalized spacial score (nSPS) is 14.5. The Morgan fingerprint density at radius 2 is 0.943 bits per heavy atom. The van der Waals surface area contributed by atoms with Crippen molar-refractivity contribution in [3.8, 4) is 0 Å². The van der Waals surface area contributed by atoms with Crippen LogP contribution in [0.25, 0.3) is 0 Å². The first kappa shape index (κ1) is 23.7. The lowest BCUT2D eigenvalue weighted by atomic mass is 10.1. The van der Waals surface area contributed by atoms with Crippen molar-refractivity contribution in [3.63, 3.8) is 0 Å². The van der Waals surface area contributed by atoms with Gasteiger partial charge in [0.25, 0.3) is 35.0 Å². The van der Waals surface area contributed by atoms with Gasteiger partial charge in [-0.05, 0) is 25.0 Å². The van der Waals surface area contributed by atoms with Crippen molar-refractivity contribution in [3.05, 3.63) is 78.9 Å². The van der Waals surface area contributed by atoms with E-state index in [9.17, 15) is 39.4 Å². The quantitative estimate of drug-likeness (QED) is 0.216. The third kappa shape index (κ3) is 4.14. The molecule has 2 aromatic rings. The van der Waals surface area contributed by atoms with Crippen LogP contribution >= 0.6 is 0 Å². The van der Waals surface area contributed by atoms with E-state index in [-0.39, 0.29) is 46.7 Å². The summed E-state index contributed by atoms with van der Waals surface area (Å²) >= 11 is 0. The highest BCUT2D eigenvalue weighted by Crippen LogP contribution is 2.32. The highest BCUT2D eigenvalue weighted by atomic mass is 16.6. The van der Waals surface area contributed by atoms with Gasteiger partial charge < -0.3 is 0 Å². The maximum atomic E-state index is 12.6. The Kier molecular flexibility index (Phi) is 6.36. The Morgan fingerprint density at radius 1 is 0.571 bits per heavy atom. The van der Waals surface area contributed by atoms with Crippen molar-refractivity contribution in [1.82, 2.24) is 9.80 Å². The van der Waals surface area contributed by atoms with Gasteiger partial charge in [0.2, 0.25) is 0 Å². The molecule has 0 spiro atoms. The van der Waals surface area contributed by atoms with E-state index in [4.69, 9.17) is 0 Å². The second kappa shape index (κ2) is 9.41. The summed E-state index contributed by atoms with van der Waals surface area (Å²) in [4.78, 5) is 73.1. The summed E-state index contributed by atoms with van der Waals surface area (Å²) in [5.74, 6) is -2.43. The van der Waals surface area contributed by atoms with E-state index in [0.29, 0.717) is 32.1 Å². The van der Waals surface area contributed by atoms with E-state index in [0.717, 1.165) is 9.80 Å². The zero-order valence-corrected chi connectivity index (χ0v) is 18.5. The molecule has 12 heteroatoms. The van der Waals surface area contributed by atoms with E-state index >= 15 is 0 Å². The molecule has 2 aliphatic rings. The molecule has 4 amide bonds.